The van der Waals surface area contributed by atoms with E-state index >= 15 is 0 Å². The van der Waals surface area contributed by atoms with Crippen LogP contribution in [0.3, 0.4) is 0 Å². The Morgan fingerprint density at radius 2 is 2.14 bits per heavy atom. The topological polar surface area (TPSA) is 33.6 Å². The Morgan fingerprint density at radius 3 is 2.86 bits per heavy atom. The maximum atomic E-state index is 5.34. The average molecular weight is 198 g/mol. The predicted octanol–water partition coefficient (Wildman–Crippen LogP) is 2.32. The number of nitrogens with one attached hydrogen (secondary N) is 1. The molecule has 1 rings (SSSR count). The lowest BCUT2D eigenvalue weighted by Crippen LogP contribution is -2.30. The first-order valence-electron chi connectivity index (χ1n) is 5.84. The highest BCUT2D eigenvalue weighted by Crippen LogP contribution is 2.01. The SMILES string of the molecule is CCCCCCCNC1=NCCCO1. The summed E-state index contributed by atoms with van der Waals surface area (Å²) in [4.78, 5) is 4.25. The fourth-order valence-corrected chi connectivity index (χ4v) is 1.49. The third kappa shape index (κ3) is 5.10. The maximum absolute atomic E-state index is 5.34. The van der Waals surface area contributed by atoms with E-state index in [0.29, 0.717) is 0 Å². The van der Waals surface area contributed by atoms with Gasteiger partial charge in [0.25, 0.3) is 6.02 Å². The van der Waals surface area contributed by atoms with Gasteiger partial charge in [-0.3, -0.25) is 0 Å². The van der Waals surface area contributed by atoms with E-state index in [4.69, 9.17) is 4.74 Å². The van der Waals surface area contributed by atoms with Gasteiger partial charge in [-0.25, -0.2) is 4.99 Å². The zero-order valence-electron chi connectivity index (χ0n) is 9.22. The van der Waals surface area contributed by atoms with E-state index in [1.54, 1.807) is 0 Å². The zero-order valence-corrected chi connectivity index (χ0v) is 9.22. The summed E-state index contributed by atoms with van der Waals surface area (Å²) >= 11 is 0. The second-order valence-corrected chi connectivity index (χ2v) is 3.73. The van der Waals surface area contributed by atoms with Crippen molar-refractivity contribution >= 4 is 6.02 Å². The van der Waals surface area contributed by atoms with E-state index in [-0.39, 0.29) is 0 Å². The second kappa shape index (κ2) is 7.65. The molecule has 0 fully saturated rings. The predicted molar refractivity (Wildman–Crippen MR) is 59.6 cm³/mol. The van der Waals surface area contributed by atoms with Crippen LogP contribution < -0.4 is 5.32 Å². The molecule has 0 aromatic heterocycles. The normalized spacial score (nSPS) is 15.9. The number of amidine groups is 1. The molecule has 1 heterocycles. The summed E-state index contributed by atoms with van der Waals surface area (Å²) < 4.78 is 5.34. The monoisotopic (exact) mass is 198 g/mol. The van der Waals surface area contributed by atoms with Gasteiger partial charge < -0.3 is 10.1 Å². The summed E-state index contributed by atoms with van der Waals surface area (Å²) in [6.45, 7) is 4.98. The number of hydrogen-bond donors (Lipinski definition) is 1. The van der Waals surface area contributed by atoms with Crippen molar-refractivity contribution in [1.82, 2.24) is 5.32 Å². The molecule has 3 nitrogen and oxygen atoms in total. The fourth-order valence-electron chi connectivity index (χ4n) is 1.49. The lowest BCUT2D eigenvalue weighted by atomic mass is 10.1. The largest absolute Gasteiger partial charge is 0.465 e. The minimum Gasteiger partial charge on any atom is -0.465 e. The van der Waals surface area contributed by atoms with Crippen molar-refractivity contribution in [2.75, 3.05) is 19.7 Å². The highest BCUT2D eigenvalue weighted by molar-refractivity contribution is 5.73. The van der Waals surface area contributed by atoms with Gasteiger partial charge in [0.1, 0.15) is 0 Å². The van der Waals surface area contributed by atoms with Gasteiger partial charge in [-0.1, -0.05) is 32.6 Å². The van der Waals surface area contributed by atoms with Gasteiger partial charge in [-0.15, -0.1) is 0 Å². The Balaban J connectivity index is 1.90. The molecule has 0 aromatic carbocycles. The van der Waals surface area contributed by atoms with Gasteiger partial charge >= 0.3 is 0 Å². The first kappa shape index (κ1) is 11.3. The molecular formula is C11H22N2O. The number of unbranched alkanes of at least 4 members (excludes halogenated alkanes) is 4. The van der Waals surface area contributed by atoms with Crippen molar-refractivity contribution in [3.05, 3.63) is 0 Å². The van der Waals surface area contributed by atoms with Crippen LogP contribution in [0.5, 0.6) is 0 Å². The standard InChI is InChI=1S/C11H22N2O/c1-2-3-4-5-6-8-12-11-13-9-7-10-14-11/h2-10H2,1H3,(H,12,13). The highest BCUT2D eigenvalue weighted by Gasteiger charge is 2.03. The third-order valence-electron chi connectivity index (χ3n) is 2.35. The summed E-state index contributed by atoms with van der Waals surface area (Å²) in [5.74, 6) is 0. The van der Waals surface area contributed by atoms with Crippen molar-refractivity contribution in [1.29, 1.82) is 0 Å². The van der Waals surface area contributed by atoms with E-state index < -0.39 is 0 Å². The van der Waals surface area contributed by atoms with Crippen molar-refractivity contribution in [3.8, 4) is 0 Å². The molecule has 82 valence electrons. The molecule has 3 heteroatoms. The summed E-state index contributed by atoms with van der Waals surface area (Å²) in [6, 6.07) is 0.756. The van der Waals surface area contributed by atoms with Crippen molar-refractivity contribution in [2.24, 2.45) is 4.99 Å². The Labute approximate surface area is 86.9 Å². The summed E-state index contributed by atoms with van der Waals surface area (Å²) in [6.07, 6.45) is 7.62. The molecule has 1 aliphatic rings. The fraction of sp³-hybridized carbons (Fsp3) is 0.909. The van der Waals surface area contributed by atoms with Crippen LogP contribution in [0.2, 0.25) is 0 Å². The van der Waals surface area contributed by atoms with Crippen LogP contribution in [0.15, 0.2) is 4.99 Å². The van der Waals surface area contributed by atoms with Gasteiger partial charge in [-0.05, 0) is 6.42 Å². The van der Waals surface area contributed by atoms with Gasteiger partial charge in [0.05, 0.1) is 6.61 Å². The molecule has 14 heavy (non-hydrogen) atoms. The molecule has 0 aromatic rings. The molecule has 0 amide bonds. The number of hydrogen-bond acceptors (Lipinski definition) is 3. The lowest BCUT2D eigenvalue weighted by Gasteiger charge is -2.14. The number of ether oxygens (including phenoxy) is 1. The minimum atomic E-state index is 0.756. The van der Waals surface area contributed by atoms with Crippen LogP contribution in [0.1, 0.15) is 45.4 Å². The van der Waals surface area contributed by atoms with E-state index in [9.17, 15) is 0 Å². The van der Waals surface area contributed by atoms with E-state index in [2.05, 4.69) is 17.2 Å². The van der Waals surface area contributed by atoms with E-state index in [1.807, 2.05) is 0 Å². The van der Waals surface area contributed by atoms with Gasteiger partial charge in [0.2, 0.25) is 0 Å². The Hall–Kier alpha value is -0.730. The smallest absolute Gasteiger partial charge is 0.284 e. The quantitative estimate of drug-likeness (QED) is 0.664. The summed E-state index contributed by atoms with van der Waals surface area (Å²) in [5, 5.41) is 3.23. The van der Waals surface area contributed by atoms with Crippen LogP contribution in [-0.2, 0) is 4.74 Å². The molecule has 0 saturated heterocycles. The van der Waals surface area contributed by atoms with Crippen LogP contribution in [-0.4, -0.2) is 25.7 Å². The maximum Gasteiger partial charge on any atom is 0.284 e. The first-order valence-corrected chi connectivity index (χ1v) is 5.84. The molecule has 0 atom stereocenters. The first-order chi connectivity index (χ1) is 6.93. The van der Waals surface area contributed by atoms with Crippen LogP contribution in [0.25, 0.3) is 0 Å². The second-order valence-electron chi connectivity index (χ2n) is 3.73. The lowest BCUT2D eigenvalue weighted by molar-refractivity contribution is 0.267. The number of aliphatic imine (C=N–C) groups is 1. The van der Waals surface area contributed by atoms with Gasteiger partial charge in [0.15, 0.2) is 0 Å². The Morgan fingerprint density at radius 1 is 1.29 bits per heavy atom. The molecule has 0 aliphatic carbocycles. The molecule has 1 N–H and O–H groups in total. The molecule has 1 aliphatic heterocycles. The van der Waals surface area contributed by atoms with Crippen molar-refractivity contribution in [2.45, 2.75) is 45.4 Å². The molecule has 0 radical (unpaired) electrons. The van der Waals surface area contributed by atoms with Gasteiger partial charge in [-0.2, -0.15) is 0 Å². The van der Waals surface area contributed by atoms with Crippen molar-refractivity contribution in [3.63, 3.8) is 0 Å². The molecule has 0 bridgehead atoms. The minimum absolute atomic E-state index is 0.756. The molecule has 0 unspecified atom stereocenters. The zero-order chi connectivity index (χ0) is 10.1. The summed E-state index contributed by atoms with van der Waals surface area (Å²) in [5.41, 5.74) is 0. The molecule has 0 spiro atoms. The van der Waals surface area contributed by atoms with Crippen LogP contribution in [0.4, 0.5) is 0 Å². The van der Waals surface area contributed by atoms with Crippen molar-refractivity contribution < 1.29 is 4.74 Å². The third-order valence-corrected chi connectivity index (χ3v) is 2.35. The number of nitrogens with zero attached hydrogens (tertiary/aromatic N) is 1. The Kier molecular flexibility index (Phi) is 6.20. The average Bonchev–Trinajstić information content (AvgIpc) is 2.25. The van der Waals surface area contributed by atoms with Gasteiger partial charge in [0, 0.05) is 19.5 Å². The molecule has 0 saturated carbocycles. The Bertz CT molecular complexity index is 169. The summed E-state index contributed by atoms with van der Waals surface area (Å²) in [7, 11) is 0. The van der Waals surface area contributed by atoms with Crippen LogP contribution in [0, 0.1) is 0 Å². The molecular weight excluding hydrogens is 176 g/mol. The number of rotatable bonds is 6. The van der Waals surface area contributed by atoms with Crippen LogP contribution >= 0.6 is 0 Å². The van der Waals surface area contributed by atoms with E-state index in [1.165, 1.54) is 32.1 Å². The highest BCUT2D eigenvalue weighted by atomic mass is 16.5. The van der Waals surface area contributed by atoms with E-state index in [0.717, 1.165) is 32.1 Å².